The monoisotopic (exact) mass is 399 g/mol. The minimum Gasteiger partial charge on any atom is -0.335 e. The van der Waals surface area contributed by atoms with Gasteiger partial charge >= 0.3 is 0 Å². The van der Waals surface area contributed by atoms with E-state index in [1.165, 1.54) is 12.1 Å². The summed E-state index contributed by atoms with van der Waals surface area (Å²) < 4.78 is 41.1. The summed E-state index contributed by atoms with van der Waals surface area (Å²) in [5.41, 5.74) is 3.01. The van der Waals surface area contributed by atoms with Crippen LogP contribution in [0.25, 0.3) is 0 Å². The van der Waals surface area contributed by atoms with Crippen LogP contribution < -0.4 is 10.0 Å². The third-order valence-electron chi connectivity index (χ3n) is 4.60. The Morgan fingerprint density at radius 1 is 0.929 bits per heavy atom. The Labute approximate surface area is 165 Å². The average molecular weight is 400 g/mol. The van der Waals surface area contributed by atoms with Crippen molar-refractivity contribution in [3.8, 4) is 0 Å². The van der Waals surface area contributed by atoms with Gasteiger partial charge in [0.15, 0.2) is 0 Å². The van der Waals surface area contributed by atoms with Gasteiger partial charge in [-0.2, -0.15) is 0 Å². The molecule has 0 spiro atoms. The second-order valence-corrected chi connectivity index (χ2v) is 8.52. The molecule has 0 bridgehead atoms. The van der Waals surface area contributed by atoms with Gasteiger partial charge in [0.05, 0.1) is 11.4 Å². The smallest absolute Gasteiger partial charge is 0.240 e. The number of rotatable bonds is 8. The van der Waals surface area contributed by atoms with Gasteiger partial charge in [-0.1, -0.05) is 60.2 Å². The molecule has 3 aromatic rings. The highest BCUT2D eigenvalue weighted by Gasteiger charge is 2.20. The van der Waals surface area contributed by atoms with Crippen molar-refractivity contribution in [1.82, 2.24) is 4.72 Å². The van der Waals surface area contributed by atoms with Crippen LogP contribution in [0.2, 0.25) is 0 Å². The number of halogens is 1. The van der Waals surface area contributed by atoms with Crippen molar-refractivity contribution >= 4 is 10.0 Å². The summed E-state index contributed by atoms with van der Waals surface area (Å²) in [5, 5.41) is 2.06. The van der Waals surface area contributed by atoms with Crippen LogP contribution >= 0.6 is 0 Å². The zero-order valence-electron chi connectivity index (χ0n) is 15.7. The van der Waals surface area contributed by atoms with Crippen LogP contribution in [-0.2, 0) is 16.6 Å². The van der Waals surface area contributed by atoms with Gasteiger partial charge in [0.1, 0.15) is 18.4 Å². The van der Waals surface area contributed by atoms with E-state index in [2.05, 4.69) is 10.0 Å². The lowest BCUT2D eigenvalue weighted by molar-refractivity contribution is -0.709. The molecular formula is C22H24FN2O2S+. The summed E-state index contributed by atoms with van der Waals surface area (Å²) in [6.07, 6.45) is 0. The van der Waals surface area contributed by atoms with Gasteiger partial charge in [0.25, 0.3) is 0 Å². The van der Waals surface area contributed by atoms with Gasteiger partial charge in [-0.25, -0.2) is 17.5 Å². The molecule has 146 valence electrons. The molecule has 28 heavy (non-hydrogen) atoms. The molecular weight excluding hydrogens is 375 g/mol. The van der Waals surface area contributed by atoms with Gasteiger partial charge in [-0.05, 0) is 31.2 Å². The lowest BCUT2D eigenvalue weighted by atomic mass is 10.1. The Kier molecular flexibility index (Phi) is 6.57. The molecule has 0 heterocycles. The van der Waals surface area contributed by atoms with Gasteiger partial charge in [-0.15, -0.1) is 0 Å². The second kappa shape index (κ2) is 9.10. The summed E-state index contributed by atoms with van der Waals surface area (Å²) in [5.74, 6) is -0.269. The highest BCUT2D eigenvalue weighted by atomic mass is 32.2. The van der Waals surface area contributed by atoms with Crippen molar-refractivity contribution in [2.24, 2.45) is 0 Å². The fourth-order valence-electron chi connectivity index (χ4n) is 2.94. The fourth-order valence-corrected chi connectivity index (χ4v) is 4.00. The van der Waals surface area contributed by atoms with Crippen molar-refractivity contribution < 1.29 is 18.1 Å². The molecule has 3 rings (SSSR count). The van der Waals surface area contributed by atoms with Crippen LogP contribution in [0.3, 0.4) is 0 Å². The SMILES string of the molecule is Cc1ccc(S(=O)(=O)NC[C@@H]([NH2+]Cc2ccc(F)cc2)c2ccccc2)cc1. The van der Waals surface area contributed by atoms with Crippen LogP contribution in [-0.4, -0.2) is 15.0 Å². The van der Waals surface area contributed by atoms with E-state index < -0.39 is 10.0 Å². The minimum absolute atomic E-state index is 0.105. The summed E-state index contributed by atoms with van der Waals surface area (Å²) in [4.78, 5) is 0.253. The van der Waals surface area contributed by atoms with Crippen molar-refractivity contribution in [3.05, 3.63) is 101 Å². The first-order chi connectivity index (χ1) is 13.4. The highest BCUT2D eigenvalue weighted by Crippen LogP contribution is 2.12. The predicted octanol–water partition coefficient (Wildman–Crippen LogP) is 2.92. The molecule has 0 unspecified atom stereocenters. The van der Waals surface area contributed by atoms with E-state index in [0.29, 0.717) is 6.54 Å². The predicted molar refractivity (Wildman–Crippen MR) is 108 cm³/mol. The standard InChI is InChI=1S/C22H23FN2O2S/c1-17-7-13-21(14-8-17)28(26,27)25-16-22(19-5-3-2-4-6-19)24-15-18-9-11-20(23)12-10-18/h2-14,22,24-25H,15-16H2,1H3/p+1/t22-/m1/s1. The second-order valence-electron chi connectivity index (χ2n) is 6.75. The Balaban J connectivity index is 1.72. The molecule has 0 saturated carbocycles. The molecule has 4 nitrogen and oxygen atoms in total. The highest BCUT2D eigenvalue weighted by molar-refractivity contribution is 7.89. The van der Waals surface area contributed by atoms with Crippen molar-refractivity contribution in [3.63, 3.8) is 0 Å². The van der Waals surface area contributed by atoms with Crippen LogP contribution in [0.1, 0.15) is 22.7 Å². The topological polar surface area (TPSA) is 62.8 Å². The Hall–Kier alpha value is -2.54. The van der Waals surface area contributed by atoms with Crippen LogP contribution in [0.15, 0.2) is 83.8 Å². The maximum Gasteiger partial charge on any atom is 0.240 e. The molecule has 0 saturated heterocycles. The molecule has 0 amide bonds. The molecule has 0 radical (unpaired) electrons. The van der Waals surface area contributed by atoms with Gasteiger partial charge in [0.2, 0.25) is 10.0 Å². The van der Waals surface area contributed by atoms with E-state index >= 15 is 0 Å². The molecule has 0 aromatic heterocycles. The Morgan fingerprint density at radius 3 is 2.21 bits per heavy atom. The third-order valence-corrected chi connectivity index (χ3v) is 6.04. The van der Waals surface area contributed by atoms with E-state index in [-0.39, 0.29) is 23.3 Å². The maximum absolute atomic E-state index is 13.1. The number of hydrogen-bond donors (Lipinski definition) is 2. The average Bonchev–Trinajstić information content (AvgIpc) is 2.70. The molecule has 3 aromatic carbocycles. The number of hydrogen-bond acceptors (Lipinski definition) is 2. The van der Waals surface area contributed by atoms with E-state index in [9.17, 15) is 12.8 Å². The lowest BCUT2D eigenvalue weighted by Crippen LogP contribution is -2.85. The first-order valence-electron chi connectivity index (χ1n) is 9.13. The van der Waals surface area contributed by atoms with Crippen LogP contribution in [0.5, 0.6) is 0 Å². The molecule has 0 aliphatic rings. The molecule has 3 N–H and O–H groups in total. The summed E-state index contributed by atoms with van der Waals surface area (Å²) >= 11 is 0. The number of nitrogens with one attached hydrogen (secondary N) is 1. The summed E-state index contributed by atoms with van der Waals surface area (Å²) in [6.45, 7) is 2.78. The summed E-state index contributed by atoms with van der Waals surface area (Å²) in [7, 11) is -3.59. The first-order valence-corrected chi connectivity index (χ1v) is 10.6. The number of sulfonamides is 1. The molecule has 1 atom stereocenters. The quantitative estimate of drug-likeness (QED) is 0.612. The summed E-state index contributed by atoms with van der Waals surface area (Å²) in [6, 6.07) is 22.8. The van der Waals surface area contributed by atoms with Gasteiger partial charge in [0, 0.05) is 11.1 Å². The zero-order valence-corrected chi connectivity index (χ0v) is 16.5. The van der Waals surface area contributed by atoms with E-state index in [1.807, 2.05) is 37.3 Å². The Bertz CT molecular complexity index is 989. The zero-order chi connectivity index (χ0) is 20.0. The minimum atomic E-state index is -3.59. The fraction of sp³-hybridized carbons (Fsp3) is 0.182. The normalized spacial score (nSPS) is 12.6. The Morgan fingerprint density at radius 2 is 1.57 bits per heavy atom. The van der Waals surface area contributed by atoms with Crippen LogP contribution in [0.4, 0.5) is 4.39 Å². The molecule has 0 aliphatic heterocycles. The number of quaternary nitrogens is 1. The van der Waals surface area contributed by atoms with Gasteiger partial charge < -0.3 is 5.32 Å². The van der Waals surface area contributed by atoms with Crippen molar-refractivity contribution in [1.29, 1.82) is 0 Å². The molecule has 0 fully saturated rings. The van der Waals surface area contributed by atoms with E-state index in [1.54, 1.807) is 36.4 Å². The van der Waals surface area contributed by atoms with Crippen LogP contribution in [0, 0.1) is 12.7 Å². The molecule has 6 heteroatoms. The first kappa shape index (κ1) is 20.2. The number of aryl methyl sites for hydroxylation is 1. The number of nitrogens with two attached hydrogens (primary N) is 1. The number of benzene rings is 3. The lowest BCUT2D eigenvalue weighted by Gasteiger charge is -2.17. The maximum atomic E-state index is 13.1. The van der Waals surface area contributed by atoms with E-state index in [0.717, 1.165) is 16.7 Å². The van der Waals surface area contributed by atoms with E-state index in [4.69, 9.17) is 0 Å². The molecule has 0 aliphatic carbocycles. The van der Waals surface area contributed by atoms with Gasteiger partial charge in [-0.3, -0.25) is 0 Å². The third kappa shape index (κ3) is 5.48. The van der Waals surface area contributed by atoms with Crippen molar-refractivity contribution in [2.75, 3.05) is 6.54 Å². The van der Waals surface area contributed by atoms with Crippen molar-refractivity contribution in [2.45, 2.75) is 24.4 Å². The largest absolute Gasteiger partial charge is 0.335 e.